The summed E-state index contributed by atoms with van der Waals surface area (Å²) in [5.41, 5.74) is -1.11. The zero-order valence-electron chi connectivity index (χ0n) is 10.7. The summed E-state index contributed by atoms with van der Waals surface area (Å²) in [6, 6.07) is 0. The molecule has 0 aromatic heterocycles. The van der Waals surface area contributed by atoms with Crippen molar-refractivity contribution in [3.05, 3.63) is 0 Å². The standard InChI is InChI=1S/C6H8S4.C5H12O4/c1-2-3-4(7)5(8)6(9)10;6-1-5(2-7,3-8)4-9/h2-3H2,1H3,(H,9,10);6-9H,1-4H2. The molecule has 0 rings (SSSR count). The molecule has 0 unspecified atom stereocenters. The van der Waals surface area contributed by atoms with Gasteiger partial charge in [-0.2, -0.15) is 0 Å². The number of hydrogen-bond acceptors (Lipinski definition) is 7. The summed E-state index contributed by atoms with van der Waals surface area (Å²) in [5, 5.41) is 34.0. The predicted molar refractivity (Wildman–Crippen MR) is 92.5 cm³/mol. The highest BCUT2D eigenvalue weighted by molar-refractivity contribution is 8.17. The fourth-order valence-corrected chi connectivity index (χ4v) is 1.57. The van der Waals surface area contributed by atoms with Crippen LogP contribution < -0.4 is 0 Å². The Balaban J connectivity index is 0. The largest absolute Gasteiger partial charge is 0.396 e. The van der Waals surface area contributed by atoms with Gasteiger partial charge in [-0.05, 0) is 6.42 Å². The van der Waals surface area contributed by atoms with Crippen LogP contribution in [0, 0.1) is 5.41 Å². The molecule has 0 aromatic rings. The van der Waals surface area contributed by atoms with E-state index in [1.807, 2.05) is 0 Å². The van der Waals surface area contributed by atoms with E-state index in [9.17, 15) is 0 Å². The molecule has 4 nitrogen and oxygen atoms in total. The fourth-order valence-electron chi connectivity index (χ4n) is 0.760. The van der Waals surface area contributed by atoms with Crippen molar-refractivity contribution in [1.29, 1.82) is 0 Å². The normalized spacial score (nSPS) is 10.4. The van der Waals surface area contributed by atoms with Gasteiger partial charge in [0.1, 0.15) is 0 Å². The lowest BCUT2D eigenvalue weighted by molar-refractivity contribution is -0.0328. The molecule has 0 heterocycles. The van der Waals surface area contributed by atoms with Crippen molar-refractivity contribution in [2.75, 3.05) is 26.4 Å². The Bertz CT molecular complexity index is 286. The van der Waals surface area contributed by atoms with Gasteiger partial charge in [0, 0.05) is 4.86 Å². The van der Waals surface area contributed by atoms with E-state index in [-0.39, 0.29) is 0 Å². The van der Waals surface area contributed by atoms with Crippen LogP contribution in [0.1, 0.15) is 19.8 Å². The van der Waals surface area contributed by atoms with Crippen molar-refractivity contribution in [3.63, 3.8) is 0 Å². The third-order valence-corrected chi connectivity index (χ3v) is 3.96. The Hall–Kier alpha value is 0.460. The molecule has 0 fully saturated rings. The van der Waals surface area contributed by atoms with Crippen molar-refractivity contribution in [3.8, 4) is 0 Å². The zero-order valence-corrected chi connectivity index (χ0v) is 14.0. The Labute approximate surface area is 135 Å². The van der Waals surface area contributed by atoms with E-state index in [1.54, 1.807) is 0 Å². The van der Waals surface area contributed by atoms with Gasteiger partial charge < -0.3 is 20.4 Å². The number of hydrogen-bond donors (Lipinski definition) is 5. The Morgan fingerprint density at radius 1 is 0.947 bits per heavy atom. The Morgan fingerprint density at radius 2 is 1.32 bits per heavy atom. The van der Waals surface area contributed by atoms with Crippen molar-refractivity contribution in [2.45, 2.75) is 19.8 Å². The molecular weight excluding hydrogens is 324 g/mol. The molecule has 0 atom stereocenters. The molecule has 4 N–H and O–H groups in total. The van der Waals surface area contributed by atoms with Gasteiger partial charge in [0.05, 0.1) is 40.9 Å². The highest BCUT2D eigenvalue weighted by atomic mass is 32.1. The highest BCUT2D eigenvalue weighted by Crippen LogP contribution is 2.11. The van der Waals surface area contributed by atoms with Crippen LogP contribution >= 0.6 is 49.3 Å². The lowest BCUT2D eigenvalue weighted by Crippen LogP contribution is -2.37. The quantitative estimate of drug-likeness (QED) is 0.328. The lowest BCUT2D eigenvalue weighted by atomic mass is 9.93. The Morgan fingerprint density at radius 3 is 1.47 bits per heavy atom. The number of aliphatic hydroxyl groups excluding tert-OH is 4. The van der Waals surface area contributed by atoms with E-state index >= 15 is 0 Å². The van der Waals surface area contributed by atoms with Gasteiger partial charge in [-0.25, -0.2) is 0 Å². The minimum absolute atomic E-state index is 0.406. The van der Waals surface area contributed by atoms with Crippen LogP contribution in [-0.4, -0.2) is 60.8 Å². The summed E-state index contributed by atoms with van der Waals surface area (Å²) >= 11 is 18.6. The summed E-state index contributed by atoms with van der Waals surface area (Å²) in [4.78, 5) is 1.33. The van der Waals surface area contributed by atoms with Crippen LogP contribution in [0.15, 0.2) is 0 Å². The molecule has 0 radical (unpaired) electrons. The number of thiol groups is 1. The average molecular weight is 345 g/mol. The van der Waals surface area contributed by atoms with Gasteiger partial charge in [-0.15, -0.1) is 12.6 Å². The first-order valence-corrected chi connectivity index (χ1v) is 7.25. The van der Waals surface area contributed by atoms with E-state index in [0.29, 0.717) is 9.06 Å². The van der Waals surface area contributed by atoms with Crippen LogP contribution in [0.3, 0.4) is 0 Å². The van der Waals surface area contributed by atoms with Crippen molar-refractivity contribution >= 4 is 63.2 Å². The van der Waals surface area contributed by atoms with Gasteiger partial charge >= 0.3 is 0 Å². The second kappa shape index (κ2) is 12.2. The van der Waals surface area contributed by atoms with E-state index < -0.39 is 31.8 Å². The van der Waals surface area contributed by atoms with Crippen molar-refractivity contribution in [1.82, 2.24) is 0 Å². The van der Waals surface area contributed by atoms with Crippen LogP contribution in [0.5, 0.6) is 0 Å². The van der Waals surface area contributed by atoms with E-state index in [4.69, 9.17) is 57.1 Å². The van der Waals surface area contributed by atoms with E-state index in [1.165, 1.54) is 0 Å². The smallest absolute Gasteiger partial charge is 0.0867 e. The molecule has 0 saturated heterocycles. The van der Waals surface area contributed by atoms with Crippen LogP contribution in [0.25, 0.3) is 0 Å². The second-order valence-corrected chi connectivity index (χ2v) is 6.00. The van der Waals surface area contributed by atoms with Crippen molar-refractivity contribution < 1.29 is 20.4 Å². The number of thiocarbonyl (C=S) groups is 3. The van der Waals surface area contributed by atoms with Gasteiger partial charge in [-0.3, -0.25) is 0 Å². The average Bonchev–Trinajstić information content (AvgIpc) is 2.42. The van der Waals surface area contributed by atoms with Gasteiger partial charge in [0.25, 0.3) is 0 Å². The molecule has 0 aromatic carbocycles. The molecular formula is C11H20O4S4. The Kier molecular flexibility index (Phi) is 14.0. The number of aliphatic hydroxyl groups is 4. The first-order chi connectivity index (χ1) is 8.83. The maximum Gasteiger partial charge on any atom is 0.0867 e. The minimum Gasteiger partial charge on any atom is -0.396 e. The third-order valence-electron chi connectivity index (χ3n) is 2.27. The zero-order chi connectivity index (χ0) is 15.5. The molecule has 0 bridgehead atoms. The monoisotopic (exact) mass is 344 g/mol. The maximum absolute atomic E-state index is 8.50. The van der Waals surface area contributed by atoms with E-state index in [0.717, 1.165) is 17.7 Å². The topological polar surface area (TPSA) is 80.9 Å². The maximum atomic E-state index is 8.50. The molecule has 0 aliphatic heterocycles. The first kappa shape index (κ1) is 21.8. The molecule has 0 aliphatic rings. The van der Waals surface area contributed by atoms with Crippen LogP contribution in [0.4, 0.5) is 0 Å². The summed E-state index contributed by atoms with van der Waals surface area (Å²) < 4.78 is 0.438. The van der Waals surface area contributed by atoms with Crippen molar-refractivity contribution in [2.24, 2.45) is 5.41 Å². The number of rotatable bonds is 8. The second-order valence-electron chi connectivity index (χ2n) is 3.94. The molecule has 0 saturated carbocycles. The lowest BCUT2D eigenvalue weighted by Gasteiger charge is -2.23. The SMILES string of the molecule is CCCC(=S)C(=S)C(=S)S.OCC(CO)(CO)CO. The first-order valence-electron chi connectivity index (χ1n) is 5.58. The molecule has 0 aliphatic carbocycles. The van der Waals surface area contributed by atoms with Gasteiger partial charge in [0.2, 0.25) is 0 Å². The third kappa shape index (κ3) is 9.09. The summed E-state index contributed by atoms with van der Waals surface area (Å²) in [6.07, 6.45) is 1.85. The summed E-state index contributed by atoms with van der Waals surface area (Å²) in [6.45, 7) is 0.427. The highest BCUT2D eigenvalue weighted by Gasteiger charge is 2.26. The van der Waals surface area contributed by atoms with Crippen LogP contribution in [-0.2, 0) is 0 Å². The fraction of sp³-hybridized carbons (Fsp3) is 0.727. The van der Waals surface area contributed by atoms with Gasteiger partial charge in [0.15, 0.2) is 0 Å². The summed E-state index contributed by atoms with van der Waals surface area (Å²) in [5.74, 6) is 0. The van der Waals surface area contributed by atoms with Crippen LogP contribution in [0.2, 0.25) is 0 Å². The molecule has 112 valence electrons. The van der Waals surface area contributed by atoms with E-state index in [2.05, 4.69) is 19.6 Å². The minimum atomic E-state index is -1.11. The van der Waals surface area contributed by atoms with Gasteiger partial charge in [-0.1, -0.05) is 50.0 Å². The summed E-state index contributed by atoms with van der Waals surface area (Å²) in [7, 11) is 0. The molecule has 8 heteroatoms. The predicted octanol–water partition coefficient (Wildman–Crippen LogP) is 0.725. The molecule has 19 heavy (non-hydrogen) atoms. The molecule has 0 amide bonds. The molecule has 0 spiro atoms.